The molecule has 4 amide bonds. The van der Waals surface area contributed by atoms with Gasteiger partial charge in [-0.25, -0.2) is 4.99 Å². The Bertz CT molecular complexity index is 1490. The first-order valence-corrected chi connectivity index (χ1v) is 13.9. The van der Waals surface area contributed by atoms with Crippen LogP contribution in [0.15, 0.2) is 57.9 Å². The number of carbonyl (C=O) groups excluding carboxylic acids is 4. The highest BCUT2D eigenvalue weighted by Crippen LogP contribution is 2.23. The van der Waals surface area contributed by atoms with Crippen LogP contribution in [0.2, 0.25) is 0 Å². The smallest absolute Gasteiger partial charge is 0.257 e. The van der Waals surface area contributed by atoms with Crippen molar-refractivity contribution >= 4 is 46.2 Å². The van der Waals surface area contributed by atoms with Crippen molar-refractivity contribution in [3.05, 3.63) is 65.4 Å². The van der Waals surface area contributed by atoms with E-state index >= 15 is 0 Å². The second kappa shape index (κ2) is 12.2. The average molecular weight is 559 g/mol. The predicted molar refractivity (Wildman–Crippen MR) is 154 cm³/mol. The standard InChI is InChI=1S/C30H34N6O5/c1-19-16-22-17-23(11-12-25(22)41-19)32-30(34-28(39)21-9-7-20(8-10-21)27(31)38)33-24-6-2-3-15-36(29(24)40)18-26(37)35-13-4-5-14-35/h7-12,16-17,24H,2-6,13-15,18H2,1H3,(H2,31,38)(H2,32,33,34,39)/t24-/m0/s1. The monoisotopic (exact) mass is 558 g/mol. The van der Waals surface area contributed by atoms with Gasteiger partial charge in [-0.15, -0.1) is 0 Å². The number of anilines is 1. The largest absolute Gasteiger partial charge is 0.461 e. The molecule has 2 aromatic carbocycles. The lowest BCUT2D eigenvalue weighted by Crippen LogP contribution is -2.45. The molecule has 11 nitrogen and oxygen atoms in total. The van der Waals surface area contributed by atoms with E-state index in [1.807, 2.05) is 25.1 Å². The van der Waals surface area contributed by atoms with Crippen LogP contribution in [-0.2, 0) is 9.59 Å². The SMILES string of the molecule is Cc1cc2cc(NC(=N[C@H]3CCCCN(CC(=O)N4CCCC4)C3=O)NC(=O)c3ccc(C(N)=O)cc3)ccc2o1. The number of aliphatic imine (C=N–C) groups is 1. The van der Waals surface area contributed by atoms with Crippen LogP contribution in [0.4, 0.5) is 5.69 Å². The van der Waals surface area contributed by atoms with Gasteiger partial charge in [-0.1, -0.05) is 0 Å². The summed E-state index contributed by atoms with van der Waals surface area (Å²) >= 11 is 0. The van der Waals surface area contributed by atoms with Crippen LogP contribution in [-0.4, -0.2) is 71.6 Å². The number of nitrogens with two attached hydrogens (primary N) is 1. The van der Waals surface area contributed by atoms with Crippen molar-refractivity contribution in [1.82, 2.24) is 15.1 Å². The maximum Gasteiger partial charge on any atom is 0.257 e. The van der Waals surface area contributed by atoms with Crippen LogP contribution < -0.4 is 16.4 Å². The van der Waals surface area contributed by atoms with Gasteiger partial charge >= 0.3 is 0 Å². The minimum Gasteiger partial charge on any atom is -0.461 e. The number of benzene rings is 2. The molecule has 0 bridgehead atoms. The zero-order valence-corrected chi connectivity index (χ0v) is 23.0. The van der Waals surface area contributed by atoms with Gasteiger partial charge in [0, 0.05) is 41.8 Å². The topological polar surface area (TPSA) is 150 Å². The molecule has 11 heteroatoms. The van der Waals surface area contributed by atoms with Gasteiger partial charge in [0.2, 0.25) is 23.7 Å². The Labute approximate surface area is 237 Å². The zero-order valence-electron chi connectivity index (χ0n) is 23.0. The first kappa shape index (κ1) is 27.9. The summed E-state index contributed by atoms with van der Waals surface area (Å²) in [5, 5.41) is 6.82. The van der Waals surface area contributed by atoms with Crippen LogP contribution in [0.5, 0.6) is 0 Å². The fraction of sp³-hybridized carbons (Fsp3) is 0.367. The molecule has 214 valence electrons. The zero-order chi connectivity index (χ0) is 28.9. The van der Waals surface area contributed by atoms with Crippen molar-refractivity contribution in [2.75, 3.05) is 31.5 Å². The number of hydrogen-bond donors (Lipinski definition) is 3. The number of nitrogens with one attached hydrogen (secondary N) is 2. The number of nitrogens with zero attached hydrogens (tertiary/aromatic N) is 3. The lowest BCUT2D eigenvalue weighted by atomic mass is 10.1. The molecule has 1 aromatic heterocycles. The van der Waals surface area contributed by atoms with Gasteiger partial charge < -0.3 is 25.3 Å². The van der Waals surface area contributed by atoms with E-state index in [0.717, 1.165) is 55.5 Å². The van der Waals surface area contributed by atoms with Crippen molar-refractivity contribution < 1.29 is 23.6 Å². The number of aryl methyl sites for hydroxylation is 1. The summed E-state index contributed by atoms with van der Waals surface area (Å²) in [6.45, 7) is 3.83. The molecule has 3 heterocycles. The normalized spacial score (nSPS) is 17.9. The summed E-state index contributed by atoms with van der Waals surface area (Å²) in [5.74, 6) is -0.489. The highest BCUT2D eigenvalue weighted by atomic mass is 16.3. The number of hydrogen-bond acceptors (Lipinski definition) is 6. The van der Waals surface area contributed by atoms with Crippen LogP contribution in [0.1, 0.15) is 58.6 Å². The summed E-state index contributed by atoms with van der Waals surface area (Å²) in [4.78, 5) is 59.1. The molecule has 5 rings (SSSR count). The minimum absolute atomic E-state index is 0.0305. The second-order valence-electron chi connectivity index (χ2n) is 10.5. The lowest BCUT2D eigenvalue weighted by molar-refractivity contribution is -0.140. The Morgan fingerprint density at radius 2 is 1.68 bits per heavy atom. The van der Waals surface area contributed by atoms with Gasteiger partial charge in [0.25, 0.3) is 5.91 Å². The molecule has 0 saturated carbocycles. The third kappa shape index (κ3) is 6.74. The Morgan fingerprint density at radius 1 is 0.976 bits per heavy atom. The summed E-state index contributed by atoms with van der Waals surface area (Å²) in [6.07, 6.45) is 3.97. The number of primary amides is 1. The summed E-state index contributed by atoms with van der Waals surface area (Å²) in [7, 11) is 0. The van der Waals surface area contributed by atoms with Crippen LogP contribution in [0.3, 0.4) is 0 Å². The highest BCUT2D eigenvalue weighted by molar-refractivity contribution is 6.11. The van der Waals surface area contributed by atoms with Crippen LogP contribution in [0, 0.1) is 6.92 Å². The predicted octanol–water partition coefficient (Wildman–Crippen LogP) is 3.04. The second-order valence-corrected chi connectivity index (χ2v) is 10.5. The number of likely N-dealkylation sites (tertiary alicyclic amines) is 2. The van der Waals surface area contributed by atoms with Gasteiger partial charge in [-0.05, 0) is 87.6 Å². The van der Waals surface area contributed by atoms with Gasteiger partial charge in [0.1, 0.15) is 17.4 Å². The molecule has 4 N–H and O–H groups in total. The van der Waals surface area contributed by atoms with Crippen LogP contribution in [0.25, 0.3) is 11.0 Å². The molecule has 2 saturated heterocycles. The number of amides is 4. The molecule has 2 aliphatic heterocycles. The molecule has 2 fully saturated rings. The highest BCUT2D eigenvalue weighted by Gasteiger charge is 2.30. The van der Waals surface area contributed by atoms with E-state index in [-0.39, 0.29) is 35.4 Å². The van der Waals surface area contributed by atoms with Crippen molar-refractivity contribution in [1.29, 1.82) is 0 Å². The number of guanidine groups is 1. The Kier molecular flexibility index (Phi) is 8.32. The van der Waals surface area contributed by atoms with E-state index in [1.54, 1.807) is 15.9 Å². The first-order valence-electron chi connectivity index (χ1n) is 13.9. The van der Waals surface area contributed by atoms with Crippen molar-refractivity contribution in [3.8, 4) is 0 Å². The molecule has 0 radical (unpaired) electrons. The molecule has 3 aromatic rings. The maximum absolute atomic E-state index is 13.6. The van der Waals surface area contributed by atoms with E-state index in [0.29, 0.717) is 18.7 Å². The molecular weight excluding hydrogens is 524 g/mol. The van der Waals surface area contributed by atoms with E-state index in [1.165, 1.54) is 24.3 Å². The van der Waals surface area contributed by atoms with Crippen molar-refractivity contribution in [2.24, 2.45) is 10.7 Å². The van der Waals surface area contributed by atoms with E-state index in [9.17, 15) is 19.2 Å². The molecule has 0 spiro atoms. The summed E-state index contributed by atoms with van der Waals surface area (Å²) in [5.41, 5.74) is 7.26. The molecule has 0 aliphatic carbocycles. The van der Waals surface area contributed by atoms with Crippen molar-refractivity contribution in [2.45, 2.75) is 45.1 Å². The fourth-order valence-corrected chi connectivity index (χ4v) is 5.20. The molecule has 2 aliphatic rings. The Balaban J connectivity index is 1.40. The van der Waals surface area contributed by atoms with E-state index in [2.05, 4.69) is 15.6 Å². The molecule has 0 unspecified atom stereocenters. The van der Waals surface area contributed by atoms with Gasteiger partial charge in [-0.2, -0.15) is 0 Å². The minimum atomic E-state index is -0.774. The number of rotatable bonds is 6. The van der Waals surface area contributed by atoms with Gasteiger partial charge in [0.15, 0.2) is 0 Å². The number of carbonyl (C=O) groups is 4. The Hall–Kier alpha value is -4.67. The Morgan fingerprint density at radius 3 is 2.41 bits per heavy atom. The summed E-state index contributed by atoms with van der Waals surface area (Å²) < 4.78 is 5.66. The summed E-state index contributed by atoms with van der Waals surface area (Å²) in [6, 6.07) is 12.5. The van der Waals surface area contributed by atoms with Crippen LogP contribution >= 0.6 is 0 Å². The average Bonchev–Trinajstić information content (AvgIpc) is 3.59. The first-order chi connectivity index (χ1) is 19.8. The van der Waals surface area contributed by atoms with Crippen molar-refractivity contribution in [3.63, 3.8) is 0 Å². The lowest BCUT2D eigenvalue weighted by Gasteiger charge is -2.25. The molecule has 41 heavy (non-hydrogen) atoms. The number of fused-ring (bicyclic) bond motifs is 1. The van der Waals surface area contributed by atoms with Gasteiger partial charge in [-0.3, -0.25) is 24.5 Å². The fourth-order valence-electron chi connectivity index (χ4n) is 5.20. The van der Waals surface area contributed by atoms with Gasteiger partial charge in [0.05, 0.1) is 6.54 Å². The van der Waals surface area contributed by atoms with E-state index < -0.39 is 17.9 Å². The third-order valence-electron chi connectivity index (χ3n) is 7.39. The molecule has 1 atom stereocenters. The third-order valence-corrected chi connectivity index (χ3v) is 7.39. The maximum atomic E-state index is 13.6. The van der Waals surface area contributed by atoms with E-state index in [4.69, 9.17) is 10.2 Å². The quantitative estimate of drug-likeness (QED) is 0.313. The number of furan rings is 1. The molecular formula is C30H34N6O5.